The number of nitrogens with two attached hydrogens (primary N) is 1. The highest BCUT2D eigenvalue weighted by atomic mass is 16.5. The van der Waals surface area contributed by atoms with E-state index >= 15 is 0 Å². The Bertz CT molecular complexity index is 1140. The lowest BCUT2D eigenvalue weighted by atomic mass is 10.1. The van der Waals surface area contributed by atoms with Gasteiger partial charge in [-0.25, -0.2) is 0 Å². The summed E-state index contributed by atoms with van der Waals surface area (Å²) in [7, 11) is 0. The van der Waals surface area contributed by atoms with Gasteiger partial charge in [-0.1, -0.05) is 24.8 Å². The third kappa shape index (κ3) is 5.54. The number of primary amides is 1. The molecule has 2 aromatic carbocycles. The summed E-state index contributed by atoms with van der Waals surface area (Å²) in [5.41, 5.74) is 7.48. The van der Waals surface area contributed by atoms with E-state index in [1.54, 1.807) is 6.20 Å². The molecule has 1 fully saturated rings. The molecule has 2 N–H and O–H groups in total. The number of amides is 2. The van der Waals surface area contributed by atoms with E-state index in [1.807, 2.05) is 64.2 Å². The third-order valence-electron chi connectivity index (χ3n) is 6.15. The first-order valence-corrected chi connectivity index (χ1v) is 11.7. The molecular weight excluding hydrogens is 428 g/mol. The number of para-hydroxylation sites is 1. The predicted molar refractivity (Wildman–Crippen MR) is 132 cm³/mol. The number of rotatable bonds is 6. The van der Waals surface area contributed by atoms with Crippen LogP contribution in [0, 0.1) is 0 Å². The average molecular weight is 459 g/mol. The van der Waals surface area contributed by atoms with Crippen LogP contribution in [0.3, 0.4) is 0 Å². The van der Waals surface area contributed by atoms with Crippen molar-refractivity contribution in [2.75, 3.05) is 13.1 Å². The predicted octanol–water partition coefficient (Wildman–Crippen LogP) is 4.96. The lowest BCUT2D eigenvalue weighted by molar-refractivity contribution is -0.126. The van der Waals surface area contributed by atoms with Crippen LogP contribution in [-0.2, 0) is 4.79 Å². The molecule has 0 spiro atoms. The molecule has 1 saturated heterocycles. The van der Waals surface area contributed by atoms with Crippen molar-refractivity contribution in [2.45, 2.75) is 38.1 Å². The molecule has 1 unspecified atom stereocenters. The average Bonchev–Trinajstić information content (AvgIpc) is 3.34. The first kappa shape index (κ1) is 23.3. The molecule has 7 nitrogen and oxygen atoms in total. The Morgan fingerprint density at radius 1 is 0.971 bits per heavy atom. The molecule has 4 rings (SSSR count). The summed E-state index contributed by atoms with van der Waals surface area (Å²) in [4.78, 5) is 26.1. The standard InChI is InChI=1S/C27H30N4O3/c1-2-25(32)30-17-7-6-9-21(10-8-18-30)31-19-24(27(28)33)26(29-31)20-13-15-23(16-14-20)34-22-11-4-3-5-12-22/h2-5,11-16,19,21H,1,6-10,17-18H2,(H2,28,33). The smallest absolute Gasteiger partial charge is 0.252 e. The maximum atomic E-state index is 12.2. The Labute approximate surface area is 199 Å². The van der Waals surface area contributed by atoms with Crippen LogP contribution in [0.25, 0.3) is 11.3 Å². The van der Waals surface area contributed by atoms with Crippen molar-refractivity contribution >= 4 is 11.8 Å². The van der Waals surface area contributed by atoms with Gasteiger partial charge in [-0.3, -0.25) is 14.3 Å². The van der Waals surface area contributed by atoms with Crippen LogP contribution in [0.1, 0.15) is 48.5 Å². The molecule has 0 saturated carbocycles. The van der Waals surface area contributed by atoms with Crippen molar-refractivity contribution in [1.82, 2.24) is 14.7 Å². The van der Waals surface area contributed by atoms with Crippen molar-refractivity contribution in [3.63, 3.8) is 0 Å². The molecule has 0 radical (unpaired) electrons. The van der Waals surface area contributed by atoms with Gasteiger partial charge in [-0.15, -0.1) is 0 Å². The van der Waals surface area contributed by atoms with E-state index in [4.69, 9.17) is 15.6 Å². The van der Waals surface area contributed by atoms with Gasteiger partial charge in [-0.05, 0) is 74.6 Å². The van der Waals surface area contributed by atoms with Gasteiger partial charge in [0.2, 0.25) is 5.91 Å². The van der Waals surface area contributed by atoms with Gasteiger partial charge in [0.05, 0.1) is 11.6 Å². The molecule has 2 heterocycles. The minimum Gasteiger partial charge on any atom is -0.457 e. The van der Waals surface area contributed by atoms with Gasteiger partial charge in [0.1, 0.15) is 17.2 Å². The molecular formula is C27H30N4O3. The van der Waals surface area contributed by atoms with Gasteiger partial charge in [-0.2, -0.15) is 5.10 Å². The Morgan fingerprint density at radius 3 is 2.35 bits per heavy atom. The Morgan fingerprint density at radius 2 is 1.65 bits per heavy atom. The van der Waals surface area contributed by atoms with E-state index in [-0.39, 0.29) is 11.9 Å². The Balaban J connectivity index is 1.53. The van der Waals surface area contributed by atoms with Crippen LogP contribution in [0.2, 0.25) is 0 Å². The molecule has 176 valence electrons. The molecule has 3 aromatic rings. The van der Waals surface area contributed by atoms with Crippen molar-refractivity contribution in [3.05, 3.63) is 79.0 Å². The number of ether oxygens (including phenoxy) is 1. The second kappa shape index (κ2) is 10.8. The first-order chi connectivity index (χ1) is 16.5. The number of hydrogen-bond donors (Lipinski definition) is 1. The van der Waals surface area contributed by atoms with E-state index < -0.39 is 5.91 Å². The Hall–Kier alpha value is -3.87. The fourth-order valence-corrected chi connectivity index (χ4v) is 4.35. The maximum Gasteiger partial charge on any atom is 0.252 e. The van der Waals surface area contributed by atoms with Crippen molar-refractivity contribution in [3.8, 4) is 22.8 Å². The minimum atomic E-state index is -0.503. The van der Waals surface area contributed by atoms with Gasteiger partial charge < -0.3 is 15.4 Å². The lowest BCUT2D eigenvalue weighted by Crippen LogP contribution is -2.31. The molecule has 0 bridgehead atoms. The fraction of sp³-hybridized carbons (Fsp3) is 0.296. The van der Waals surface area contributed by atoms with Crippen molar-refractivity contribution in [2.24, 2.45) is 5.73 Å². The zero-order valence-corrected chi connectivity index (χ0v) is 19.2. The van der Waals surface area contributed by atoms with Crippen LogP contribution < -0.4 is 10.5 Å². The van der Waals surface area contributed by atoms with E-state index in [9.17, 15) is 9.59 Å². The monoisotopic (exact) mass is 458 g/mol. The molecule has 34 heavy (non-hydrogen) atoms. The summed E-state index contributed by atoms with van der Waals surface area (Å²) in [5, 5.41) is 4.79. The van der Waals surface area contributed by atoms with E-state index in [2.05, 4.69) is 6.58 Å². The zero-order valence-electron chi connectivity index (χ0n) is 19.2. The fourth-order valence-electron chi connectivity index (χ4n) is 4.35. The molecule has 1 aliphatic rings. The summed E-state index contributed by atoms with van der Waals surface area (Å²) in [6.45, 7) is 5.04. The van der Waals surface area contributed by atoms with Crippen LogP contribution >= 0.6 is 0 Å². The zero-order chi connectivity index (χ0) is 23.9. The Kier molecular flexibility index (Phi) is 7.42. The third-order valence-corrected chi connectivity index (χ3v) is 6.15. The number of carbonyl (C=O) groups is 2. The van der Waals surface area contributed by atoms with E-state index in [0.29, 0.717) is 23.6 Å². The number of nitrogens with zero attached hydrogens (tertiary/aromatic N) is 3. The summed E-state index contributed by atoms with van der Waals surface area (Å²) in [6, 6.07) is 17.2. The number of aromatic nitrogens is 2. The van der Waals surface area contributed by atoms with Gasteiger partial charge >= 0.3 is 0 Å². The second-order valence-electron chi connectivity index (χ2n) is 8.50. The molecule has 7 heteroatoms. The number of hydrogen-bond acceptors (Lipinski definition) is 4. The number of carbonyl (C=O) groups excluding carboxylic acids is 2. The van der Waals surface area contributed by atoms with E-state index in [1.165, 1.54) is 6.08 Å². The van der Waals surface area contributed by atoms with Gasteiger partial charge in [0.25, 0.3) is 5.91 Å². The maximum absolute atomic E-state index is 12.2. The van der Waals surface area contributed by atoms with Crippen LogP contribution in [0.4, 0.5) is 0 Å². The normalized spacial score (nSPS) is 16.7. The highest BCUT2D eigenvalue weighted by Gasteiger charge is 2.22. The highest BCUT2D eigenvalue weighted by molar-refractivity contribution is 5.98. The molecule has 1 aliphatic heterocycles. The van der Waals surface area contributed by atoms with Crippen molar-refractivity contribution in [1.29, 1.82) is 0 Å². The van der Waals surface area contributed by atoms with Crippen molar-refractivity contribution < 1.29 is 14.3 Å². The largest absolute Gasteiger partial charge is 0.457 e. The quantitative estimate of drug-likeness (QED) is 0.529. The SMILES string of the molecule is C=CC(=O)N1CCCCC(n2cc(C(N)=O)c(-c3ccc(Oc4ccccc4)cc3)n2)CCC1. The van der Waals surface area contributed by atoms with Crippen LogP contribution in [-0.4, -0.2) is 39.6 Å². The van der Waals surface area contributed by atoms with Crippen LogP contribution in [0.5, 0.6) is 11.5 Å². The molecule has 2 amide bonds. The lowest BCUT2D eigenvalue weighted by Gasteiger charge is -2.20. The number of benzene rings is 2. The highest BCUT2D eigenvalue weighted by Crippen LogP contribution is 2.30. The van der Waals surface area contributed by atoms with Crippen LogP contribution in [0.15, 0.2) is 73.4 Å². The topological polar surface area (TPSA) is 90.5 Å². The van der Waals surface area contributed by atoms with Gasteiger partial charge in [0.15, 0.2) is 0 Å². The summed E-state index contributed by atoms with van der Waals surface area (Å²) >= 11 is 0. The van der Waals surface area contributed by atoms with E-state index in [0.717, 1.165) is 50.0 Å². The summed E-state index contributed by atoms with van der Waals surface area (Å²) < 4.78 is 7.75. The molecule has 0 aliphatic carbocycles. The minimum absolute atomic E-state index is 0.0180. The summed E-state index contributed by atoms with van der Waals surface area (Å²) in [5.74, 6) is 0.933. The van der Waals surface area contributed by atoms with Gasteiger partial charge in [0, 0.05) is 24.8 Å². The first-order valence-electron chi connectivity index (χ1n) is 11.7. The second-order valence-corrected chi connectivity index (χ2v) is 8.50. The molecule has 1 aromatic heterocycles. The molecule has 1 atom stereocenters. The summed E-state index contributed by atoms with van der Waals surface area (Å²) in [6.07, 6.45) is 7.69.